The maximum absolute atomic E-state index is 12.7. The molecule has 1 saturated heterocycles. The Morgan fingerprint density at radius 3 is 2.32 bits per heavy atom. The van der Waals surface area contributed by atoms with Crippen molar-refractivity contribution in [3.8, 4) is 22.8 Å². The summed E-state index contributed by atoms with van der Waals surface area (Å²) in [5, 5.41) is 0.619. The summed E-state index contributed by atoms with van der Waals surface area (Å²) in [7, 11) is 1.68. The van der Waals surface area contributed by atoms with Crippen LogP contribution in [0.5, 0.6) is 11.5 Å². The van der Waals surface area contributed by atoms with Gasteiger partial charge in [0, 0.05) is 36.8 Å². The van der Waals surface area contributed by atoms with Crippen molar-refractivity contribution < 1.29 is 14.3 Å². The van der Waals surface area contributed by atoms with E-state index in [1.807, 2.05) is 26.0 Å². The molecule has 0 aliphatic carbocycles. The molecule has 2 aromatic carbocycles. The first kappa shape index (κ1) is 25.5. The fourth-order valence-corrected chi connectivity index (χ4v) is 4.88. The molecule has 1 aliphatic rings. The Morgan fingerprint density at radius 2 is 1.66 bits per heavy atom. The minimum Gasteiger partial charge on any atom is -0.496 e. The number of halogens is 1. The number of nitrogen functional groups attached to an aromatic ring is 1. The summed E-state index contributed by atoms with van der Waals surface area (Å²) < 4.78 is 11.1. The number of nitrogens with zero attached hydrogens (tertiary/aromatic N) is 5. The Labute approximate surface area is 226 Å². The first-order valence-corrected chi connectivity index (χ1v) is 12.7. The van der Waals surface area contributed by atoms with E-state index in [4.69, 9.17) is 31.8 Å². The van der Waals surface area contributed by atoms with Crippen LogP contribution in [0.25, 0.3) is 22.3 Å². The second-order valence-corrected chi connectivity index (χ2v) is 9.66. The summed E-state index contributed by atoms with van der Waals surface area (Å²) in [5.41, 5.74) is 11.3. The van der Waals surface area contributed by atoms with Gasteiger partial charge < -0.3 is 25.0 Å². The summed E-state index contributed by atoms with van der Waals surface area (Å²) in [4.78, 5) is 30.5. The van der Waals surface area contributed by atoms with Crippen LogP contribution >= 0.6 is 11.6 Å². The zero-order valence-electron chi connectivity index (χ0n) is 21.6. The lowest BCUT2D eigenvalue weighted by atomic mass is 10.0. The molecule has 4 aromatic rings. The molecule has 2 aromatic heterocycles. The molecule has 196 valence electrons. The van der Waals surface area contributed by atoms with E-state index in [-0.39, 0.29) is 18.5 Å². The molecule has 1 fully saturated rings. The van der Waals surface area contributed by atoms with Crippen molar-refractivity contribution in [2.24, 2.45) is 0 Å². The van der Waals surface area contributed by atoms with Gasteiger partial charge >= 0.3 is 0 Å². The van der Waals surface area contributed by atoms with Crippen LogP contribution in [0.15, 0.2) is 48.5 Å². The van der Waals surface area contributed by atoms with Gasteiger partial charge in [0.05, 0.1) is 18.3 Å². The van der Waals surface area contributed by atoms with Gasteiger partial charge in [0.15, 0.2) is 12.4 Å². The number of hydrogen-bond donors (Lipinski definition) is 1. The zero-order chi connectivity index (χ0) is 26.8. The first-order chi connectivity index (χ1) is 18.3. The van der Waals surface area contributed by atoms with E-state index in [9.17, 15) is 4.79 Å². The first-order valence-electron chi connectivity index (χ1n) is 12.3. The van der Waals surface area contributed by atoms with Gasteiger partial charge in [-0.1, -0.05) is 11.6 Å². The van der Waals surface area contributed by atoms with E-state index in [1.165, 1.54) is 0 Å². The normalized spacial score (nSPS) is 13.6. The number of hydrogen-bond acceptors (Lipinski definition) is 8. The standard InChI is InChI=1S/C28H29ClN6O3/c1-17-14-19(15-18(2)26(17)37-3)22-8-9-23-25(31-22)27(33-28(30)32-23)35-12-10-34(11-13-35)24(36)16-38-21-6-4-20(29)5-7-21/h4-9,14-15H,10-13,16H2,1-3H3,(H2,30,32,33). The molecule has 5 rings (SSSR count). The molecule has 38 heavy (non-hydrogen) atoms. The fraction of sp³-hybridized carbons (Fsp3) is 0.286. The lowest BCUT2D eigenvalue weighted by Gasteiger charge is -2.35. The number of fused-ring (bicyclic) bond motifs is 1. The molecule has 1 aliphatic heterocycles. The van der Waals surface area contributed by atoms with Crippen LogP contribution in [0.1, 0.15) is 11.1 Å². The third kappa shape index (κ3) is 5.28. The van der Waals surface area contributed by atoms with Gasteiger partial charge in [-0.25, -0.2) is 9.97 Å². The molecule has 10 heteroatoms. The number of piperazine rings is 1. The van der Waals surface area contributed by atoms with Crippen molar-refractivity contribution in [2.75, 3.05) is 50.5 Å². The van der Waals surface area contributed by atoms with Crippen molar-refractivity contribution in [3.63, 3.8) is 0 Å². The molecular weight excluding hydrogens is 504 g/mol. The van der Waals surface area contributed by atoms with E-state index < -0.39 is 0 Å². The summed E-state index contributed by atoms with van der Waals surface area (Å²) in [6, 6.07) is 14.9. The summed E-state index contributed by atoms with van der Waals surface area (Å²) in [5.74, 6) is 2.26. The van der Waals surface area contributed by atoms with Gasteiger partial charge in [0.25, 0.3) is 5.91 Å². The summed E-state index contributed by atoms with van der Waals surface area (Å²) >= 11 is 5.91. The third-order valence-electron chi connectivity index (χ3n) is 6.61. The number of nitrogens with two attached hydrogens (primary N) is 1. The molecule has 0 spiro atoms. The van der Waals surface area contributed by atoms with Crippen LogP contribution in [0, 0.1) is 13.8 Å². The highest BCUT2D eigenvalue weighted by Crippen LogP contribution is 2.32. The second kappa shape index (κ2) is 10.7. The molecule has 1 amide bonds. The summed E-state index contributed by atoms with van der Waals surface area (Å²) in [6.07, 6.45) is 0. The Hall–Kier alpha value is -4.11. The molecular formula is C28H29ClN6O3. The average molecular weight is 533 g/mol. The number of aromatic nitrogens is 3. The quantitative estimate of drug-likeness (QED) is 0.392. The van der Waals surface area contributed by atoms with Gasteiger partial charge in [0.2, 0.25) is 5.95 Å². The highest BCUT2D eigenvalue weighted by Gasteiger charge is 2.25. The van der Waals surface area contributed by atoms with E-state index in [2.05, 4.69) is 27.0 Å². The zero-order valence-corrected chi connectivity index (χ0v) is 22.3. The van der Waals surface area contributed by atoms with Gasteiger partial charge in [-0.3, -0.25) is 4.79 Å². The van der Waals surface area contributed by atoms with Crippen molar-refractivity contribution >= 4 is 40.3 Å². The second-order valence-electron chi connectivity index (χ2n) is 9.22. The molecule has 9 nitrogen and oxygen atoms in total. The lowest BCUT2D eigenvalue weighted by Crippen LogP contribution is -2.50. The van der Waals surface area contributed by atoms with Gasteiger partial charge in [-0.05, 0) is 73.5 Å². The fourth-order valence-electron chi connectivity index (χ4n) is 4.75. The largest absolute Gasteiger partial charge is 0.496 e. The third-order valence-corrected chi connectivity index (χ3v) is 6.86. The molecule has 0 atom stereocenters. The number of methoxy groups -OCH3 is 1. The molecule has 0 bridgehead atoms. The number of aryl methyl sites for hydroxylation is 2. The van der Waals surface area contributed by atoms with Crippen molar-refractivity contribution in [1.82, 2.24) is 19.9 Å². The number of rotatable bonds is 6. The maximum Gasteiger partial charge on any atom is 0.260 e. The number of carbonyl (C=O) groups excluding carboxylic acids is 1. The Morgan fingerprint density at radius 1 is 0.974 bits per heavy atom. The minimum absolute atomic E-state index is 0.0311. The average Bonchev–Trinajstić information content (AvgIpc) is 2.92. The highest BCUT2D eigenvalue weighted by molar-refractivity contribution is 6.30. The highest BCUT2D eigenvalue weighted by atomic mass is 35.5. The Bertz CT molecular complexity index is 1460. The Kier molecular flexibility index (Phi) is 7.20. The van der Waals surface area contributed by atoms with Crippen LogP contribution in [-0.4, -0.2) is 65.7 Å². The van der Waals surface area contributed by atoms with Crippen molar-refractivity contribution in [2.45, 2.75) is 13.8 Å². The van der Waals surface area contributed by atoms with Crippen molar-refractivity contribution in [3.05, 3.63) is 64.7 Å². The van der Waals surface area contributed by atoms with Crippen LogP contribution in [-0.2, 0) is 4.79 Å². The number of amides is 1. The molecule has 0 saturated carbocycles. The predicted octanol–water partition coefficient (Wildman–Crippen LogP) is 4.28. The van der Waals surface area contributed by atoms with Crippen LogP contribution in [0.4, 0.5) is 11.8 Å². The molecule has 0 unspecified atom stereocenters. The monoisotopic (exact) mass is 532 g/mol. The molecule has 3 heterocycles. The number of carbonyl (C=O) groups is 1. The van der Waals surface area contributed by atoms with E-state index in [0.717, 1.165) is 28.1 Å². The molecule has 0 radical (unpaired) electrons. The number of benzene rings is 2. The predicted molar refractivity (Wildman–Crippen MR) is 149 cm³/mol. The number of pyridine rings is 1. The van der Waals surface area contributed by atoms with Crippen LogP contribution in [0.3, 0.4) is 0 Å². The van der Waals surface area contributed by atoms with Crippen molar-refractivity contribution in [1.29, 1.82) is 0 Å². The Balaban J connectivity index is 1.34. The van der Waals surface area contributed by atoms with Crippen LogP contribution in [0.2, 0.25) is 5.02 Å². The maximum atomic E-state index is 12.7. The van der Waals surface area contributed by atoms with E-state index >= 15 is 0 Å². The topological polar surface area (TPSA) is 107 Å². The SMILES string of the molecule is COc1c(C)cc(-c2ccc3nc(N)nc(N4CCN(C(=O)COc5ccc(Cl)cc5)CC4)c3n2)cc1C. The minimum atomic E-state index is -0.0719. The van der Waals surface area contributed by atoms with E-state index in [1.54, 1.807) is 36.3 Å². The van der Waals surface area contributed by atoms with Gasteiger partial charge in [-0.15, -0.1) is 0 Å². The van der Waals surface area contributed by atoms with Crippen LogP contribution < -0.4 is 20.1 Å². The number of ether oxygens (including phenoxy) is 2. The number of anilines is 2. The van der Waals surface area contributed by atoms with E-state index in [0.29, 0.717) is 53.8 Å². The summed E-state index contributed by atoms with van der Waals surface area (Å²) in [6.45, 7) is 6.25. The van der Waals surface area contributed by atoms with Gasteiger partial charge in [0.1, 0.15) is 17.0 Å². The van der Waals surface area contributed by atoms with Gasteiger partial charge in [-0.2, -0.15) is 4.98 Å². The smallest absolute Gasteiger partial charge is 0.260 e. The lowest BCUT2D eigenvalue weighted by molar-refractivity contribution is -0.133. The molecule has 2 N–H and O–H groups in total.